The van der Waals surface area contributed by atoms with Gasteiger partial charge in [0.25, 0.3) is 5.91 Å². The summed E-state index contributed by atoms with van der Waals surface area (Å²) in [4.78, 5) is 28.0. The van der Waals surface area contributed by atoms with E-state index in [1.807, 2.05) is 7.05 Å². The summed E-state index contributed by atoms with van der Waals surface area (Å²) >= 11 is 0. The first-order valence-electron chi connectivity index (χ1n) is 7.35. The van der Waals surface area contributed by atoms with E-state index in [0.29, 0.717) is 32.7 Å². The van der Waals surface area contributed by atoms with Crippen molar-refractivity contribution in [1.82, 2.24) is 9.80 Å². The standard InChI is InChI=1S/C14H22N2O4/c1-15-5-6-20-11(8-15)12(17)16-7-10-3-2-4-14(10,9-16)13(18)19/h10-11H,2-9H2,1H3,(H,18,19)/t10-,11?,14+/m0/s1. The van der Waals surface area contributed by atoms with E-state index in [2.05, 4.69) is 4.90 Å². The lowest BCUT2D eigenvalue weighted by Gasteiger charge is -2.32. The van der Waals surface area contributed by atoms with Gasteiger partial charge < -0.3 is 19.6 Å². The van der Waals surface area contributed by atoms with Crippen molar-refractivity contribution in [2.24, 2.45) is 11.3 Å². The zero-order valence-electron chi connectivity index (χ0n) is 11.9. The number of hydrogen-bond acceptors (Lipinski definition) is 4. The second-order valence-corrected chi connectivity index (χ2v) is 6.39. The maximum absolute atomic E-state index is 12.5. The Balaban J connectivity index is 1.70. The first-order valence-corrected chi connectivity index (χ1v) is 7.35. The Labute approximate surface area is 118 Å². The summed E-state index contributed by atoms with van der Waals surface area (Å²) in [5.41, 5.74) is -0.698. The molecule has 6 heteroatoms. The number of morpholine rings is 1. The van der Waals surface area contributed by atoms with E-state index in [1.165, 1.54) is 0 Å². The Bertz CT molecular complexity index is 427. The fourth-order valence-corrected chi connectivity index (χ4v) is 3.94. The fourth-order valence-electron chi connectivity index (χ4n) is 3.94. The number of ether oxygens (including phenoxy) is 1. The third kappa shape index (κ3) is 2.11. The molecule has 0 aromatic heterocycles. The van der Waals surface area contributed by atoms with Crippen LogP contribution in [-0.4, -0.2) is 72.7 Å². The van der Waals surface area contributed by atoms with Crippen molar-refractivity contribution in [2.45, 2.75) is 25.4 Å². The van der Waals surface area contributed by atoms with Gasteiger partial charge in [-0.3, -0.25) is 9.59 Å². The Morgan fingerprint density at radius 3 is 2.80 bits per heavy atom. The highest BCUT2D eigenvalue weighted by Crippen LogP contribution is 2.49. The lowest BCUT2D eigenvalue weighted by Crippen LogP contribution is -2.50. The van der Waals surface area contributed by atoms with Crippen LogP contribution in [0.15, 0.2) is 0 Å². The number of likely N-dealkylation sites (N-methyl/N-ethyl adjacent to an activating group) is 1. The summed E-state index contributed by atoms with van der Waals surface area (Å²) in [6, 6.07) is 0. The van der Waals surface area contributed by atoms with Gasteiger partial charge in [0.05, 0.1) is 12.0 Å². The lowest BCUT2D eigenvalue weighted by atomic mass is 9.81. The Morgan fingerprint density at radius 2 is 2.15 bits per heavy atom. The highest BCUT2D eigenvalue weighted by atomic mass is 16.5. The molecule has 3 aliphatic rings. The topological polar surface area (TPSA) is 70.1 Å². The fraction of sp³-hybridized carbons (Fsp3) is 0.857. The first kappa shape index (κ1) is 13.8. The second-order valence-electron chi connectivity index (χ2n) is 6.39. The highest BCUT2D eigenvalue weighted by Gasteiger charge is 2.56. The van der Waals surface area contributed by atoms with Crippen LogP contribution in [0.4, 0.5) is 0 Å². The van der Waals surface area contributed by atoms with Gasteiger partial charge in [-0.05, 0) is 25.8 Å². The number of carboxylic acids is 1. The number of aliphatic carboxylic acids is 1. The van der Waals surface area contributed by atoms with Gasteiger partial charge in [0.2, 0.25) is 0 Å². The number of amides is 1. The molecule has 2 aliphatic heterocycles. The average Bonchev–Trinajstić information content (AvgIpc) is 2.95. The molecule has 1 unspecified atom stereocenters. The normalized spacial score (nSPS) is 38.0. The molecule has 0 aromatic rings. The molecule has 20 heavy (non-hydrogen) atoms. The number of fused-ring (bicyclic) bond motifs is 1. The van der Waals surface area contributed by atoms with Crippen LogP contribution < -0.4 is 0 Å². The van der Waals surface area contributed by atoms with Crippen LogP contribution in [0, 0.1) is 11.3 Å². The largest absolute Gasteiger partial charge is 0.481 e. The molecule has 0 radical (unpaired) electrons. The Kier molecular flexibility index (Phi) is 3.46. The summed E-state index contributed by atoms with van der Waals surface area (Å²) in [7, 11) is 1.97. The summed E-state index contributed by atoms with van der Waals surface area (Å²) in [5.74, 6) is -0.658. The Hall–Kier alpha value is -1.14. The van der Waals surface area contributed by atoms with E-state index in [9.17, 15) is 14.7 Å². The molecule has 1 aliphatic carbocycles. The van der Waals surface area contributed by atoms with Crippen LogP contribution in [-0.2, 0) is 14.3 Å². The first-order chi connectivity index (χ1) is 9.53. The van der Waals surface area contributed by atoms with E-state index < -0.39 is 17.5 Å². The number of carboxylic acid groups (broad SMARTS) is 1. The number of nitrogens with zero attached hydrogens (tertiary/aromatic N) is 2. The maximum Gasteiger partial charge on any atom is 0.311 e. The van der Waals surface area contributed by atoms with Gasteiger partial charge in [0.15, 0.2) is 0 Å². The quantitative estimate of drug-likeness (QED) is 0.774. The van der Waals surface area contributed by atoms with Gasteiger partial charge in [-0.1, -0.05) is 6.42 Å². The molecule has 112 valence electrons. The number of carbonyl (C=O) groups excluding carboxylic acids is 1. The van der Waals surface area contributed by atoms with Gasteiger partial charge >= 0.3 is 5.97 Å². The molecule has 3 fully saturated rings. The van der Waals surface area contributed by atoms with Crippen LogP contribution in [0.2, 0.25) is 0 Å². The van der Waals surface area contributed by atoms with Gasteiger partial charge in [0.1, 0.15) is 6.10 Å². The number of likely N-dealkylation sites (tertiary alicyclic amines) is 1. The van der Waals surface area contributed by atoms with Crippen LogP contribution in [0.3, 0.4) is 0 Å². The molecular formula is C14H22N2O4. The molecule has 1 saturated carbocycles. The maximum atomic E-state index is 12.5. The van der Waals surface area contributed by atoms with Gasteiger partial charge in [-0.15, -0.1) is 0 Å². The monoisotopic (exact) mass is 282 g/mol. The van der Waals surface area contributed by atoms with Gasteiger partial charge in [0, 0.05) is 26.2 Å². The molecule has 3 rings (SSSR count). The van der Waals surface area contributed by atoms with Crippen LogP contribution >= 0.6 is 0 Å². The van der Waals surface area contributed by atoms with E-state index in [0.717, 1.165) is 19.4 Å². The van der Waals surface area contributed by atoms with Crippen LogP contribution in [0.1, 0.15) is 19.3 Å². The van der Waals surface area contributed by atoms with Crippen molar-refractivity contribution < 1.29 is 19.4 Å². The SMILES string of the molecule is CN1CCOC(C(=O)N2C[C@@H]3CCC[C@@]3(C(=O)O)C2)C1. The van der Waals surface area contributed by atoms with Gasteiger partial charge in [-0.2, -0.15) is 0 Å². The molecule has 2 heterocycles. The molecule has 1 N–H and O–H groups in total. The molecule has 3 atom stereocenters. The van der Waals surface area contributed by atoms with E-state index in [1.54, 1.807) is 4.90 Å². The molecule has 2 saturated heterocycles. The minimum absolute atomic E-state index is 0.0356. The van der Waals surface area contributed by atoms with Crippen LogP contribution in [0.5, 0.6) is 0 Å². The van der Waals surface area contributed by atoms with Crippen molar-refractivity contribution >= 4 is 11.9 Å². The summed E-state index contributed by atoms with van der Waals surface area (Å²) in [6.07, 6.45) is 2.14. The molecule has 1 amide bonds. The minimum Gasteiger partial charge on any atom is -0.481 e. The van der Waals surface area contributed by atoms with Crippen molar-refractivity contribution in [3.8, 4) is 0 Å². The molecule has 0 bridgehead atoms. The predicted octanol–water partition coefficient (Wildman–Crippen LogP) is 0.0303. The van der Waals surface area contributed by atoms with Crippen molar-refractivity contribution in [3.05, 3.63) is 0 Å². The molecule has 0 spiro atoms. The predicted molar refractivity (Wildman–Crippen MR) is 71.2 cm³/mol. The van der Waals surface area contributed by atoms with E-state index in [-0.39, 0.29) is 11.8 Å². The van der Waals surface area contributed by atoms with Crippen LogP contribution in [0.25, 0.3) is 0 Å². The summed E-state index contributed by atoms with van der Waals surface area (Å²) in [5, 5.41) is 9.55. The zero-order chi connectivity index (χ0) is 14.3. The van der Waals surface area contributed by atoms with E-state index in [4.69, 9.17) is 4.74 Å². The van der Waals surface area contributed by atoms with Crippen molar-refractivity contribution in [3.63, 3.8) is 0 Å². The van der Waals surface area contributed by atoms with E-state index >= 15 is 0 Å². The summed E-state index contributed by atoms with van der Waals surface area (Å²) < 4.78 is 5.56. The zero-order valence-corrected chi connectivity index (χ0v) is 11.9. The van der Waals surface area contributed by atoms with Crippen molar-refractivity contribution in [1.29, 1.82) is 0 Å². The van der Waals surface area contributed by atoms with Crippen molar-refractivity contribution in [2.75, 3.05) is 39.8 Å². The minimum atomic E-state index is -0.739. The highest BCUT2D eigenvalue weighted by molar-refractivity contribution is 5.84. The number of rotatable bonds is 2. The molecular weight excluding hydrogens is 260 g/mol. The number of carbonyl (C=O) groups is 2. The smallest absolute Gasteiger partial charge is 0.311 e. The third-order valence-corrected chi connectivity index (χ3v) is 5.15. The third-order valence-electron chi connectivity index (χ3n) is 5.15. The Morgan fingerprint density at radius 1 is 1.35 bits per heavy atom. The summed E-state index contributed by atoms with van der Waals surface area (Å²) in [6.45, 7) is 2.93. The molecule has 0 aromatic carbocycles. The average molecular weight is 282 g/mol. The number of hydrogen-bond donors (Lipinski definition) is 1. The second kappa shape index (κ2) is 5.00. The lowest BCUT2D eigenvalue weighted by molar-refractivity contribution is -0.151. The molecule has 6 nitrogen and oxygen atoms in total. The van der Waals surface area contributed by atoms with Gasteiger partial charge in [-0.25, -0.2) is 0 Å².